The van der Waals surface area contributed by atoms with Gasteiger partial charge in [-0.15, -0.1) is 0 Å². The largest absolute Gasteiger partial charge is 0.352 e. The number of carbonyl (C=O) groups excluding carboxylic acids is 1. The van der Waals surface area contributed by atoms with E-state index in [-0.39, 0.29) is 17.3 Å². The first kappa shape index (κ1) is 17.0. The summed E-state index contributed by atoms with van der Waals surface area (Å²) in [4.78, 5) is 11.8. The predicted octanol–water partition coefficient (Wildman–Crippen LogP) is 1.31. The number of nitrogens with zero attached hydrogens (tertiary/aromatic N) is 1. The summed E-state index contributed by atoms with van der Waals surface area (Å²) in [5.74, 6) is 0.681. The molecule has 0 saturated heterocycles. The minimum Gasteiger partial charge on any atom is -0.352 e. The van der Waals surface area contributed by atoms with E-state index < -0.39 is 10.0 Å². The second-order valence-electron chi connectivity index (χ2n) is 4.41. The van der Waals surface area contributed by atoms with Gasteiger partial charge in [-0.3, -0.25) is 4.79 Å². The smallest absolute Gasteiger partial charge is 0.242 e. The van der Waals surface area contributed by atoms with E-state index in [1.165, 1.54) is 18.4 Å². The van der Waals surface area contributed by atoms with Crippen molar-refractivity contribution in [3.8, 4) is 0 Å². The Balaban J connectivity index is 2.85. The lowest BCUT2D eigenvalue weighted by Crippen LogP contribution is -2.27. The molecule has 5 nitrogen and oxygen atoms in total. The van der Waals surface area contributed by atoms with E-state index in [4.69, 9.17) is 0 Å². The van der Waals surface area contributed by atoms with Crippen LogP contribution in [0.2, 0.25) is 0 Å². The van der Waals surface area contributed by atoms with Crippen molar-refractivity contribution < 1.29 is 13.2 Å². The molecule has 0 fully saturated rings. The van der Waals surface area contributed by atoms with Crippen LogP contribution in [0.25, 0.3) is 0 Å². The van der Waals surface area contributed by atoms with Crippen molar-refractivity contribution in [2.75, 3.05) is 26.1 Å². The number of sulfonamides is 1. The van der Waals surface area contributed by atoms with Crippen LogP contribution in [-0.2, 0) is 21.4 Å². The Morgan fingerprint density at radius 2 is 1.95 bits per heavy atom. The molecule has 7 heteroatoms. The van der Waals surface area contributed by atoms with Crippen LogP contribution in [0.3, 0.4) is 0 Å². The number of nitrogens with one attached hydrogen (secondary N) is 1. The maximum atomic E-state index is 12.2. The number of hydrogen-bond acceptors (Lipinski definition) is 4. The predicted molar refractivity (Wildman–Crippen MR) is 82.2 cm³/mol. The molecule has 0 aliphatic carbocycles. The Morgan fingerprint density at radius 1 is 1.30 bits per heavy atom. The maximum Gasteiger partial charge on any atom is 0.242 e. The molecule has 1 N–H and O–H groups in total. The molecule has 0 radical (unpaired) electrons. The molecule has 0 unspecified atom stereocenters. The van der Waals surface area contributed by atoms with Gasteiger partial charge in [0.1, 0.15) is 0 Å². The van der Waals surface area contributed by atoms with Gasteiger partial charge in [0.25, 0.3) is 0 Å². The van der Waals surface area contributed by atoms with Crippen LogP contribution >= 0.6 is 11.8 Å². The summed E-state index contributed by atoms with van der Waals surface area (Å²) < 4.78 is 25.5. The van der Waals surface area contributed by atoms with Gasteiger partial charge in [-0.2, -0.15) is 11.8 Å². The van der Waals surface area contributed by atoms with Crippen molar-refractivity contribution >= 4 is 27.7 Å². The van der Waals surface area contributed by atoms with Gasteiger partial charge in [0.15, 0.2) is 0 Å². The summed E-state index contributed by atoms with van der Waals surface area (Å²) in [5, 5.41) is 2.75. The van der Waals surface area contributed by atoms with E-state index in [1.54, 1.807) is 36.0 Å². The van der Waals surface area contributed by atoms with E-state index in [9.17, 15) is 13.2 Å². The van der Waals surface area contributed by atoms with E-state index in [1.807, 2.05) is 6.26 Å². The van der Waals surface area contributed by atoms with Crippen LogP contribution in [0.15, 0.2) is 29.2 Å². The number of carbonyl (C=O) groups is 1. The number of rotatable bonds is 7. The van der Waals surface area contributed by atoms with Crippen molar-refractivity contribution in [3.05, 3.63) is 29.8 Å². The number of amides is 1. The van der Waals surface area contributed by atoms with Crippen LogP contribution in [0.4, 0.5) is 0 Å². The summed E-state index contributed by atoms with van der Waals surface area (Å²) in [7, 11) is -0.516. The summed E-state index contributed by atoms with van der Waals surface area (Å²) >= 11 is 1.60. The molecular formula is C13H20N2O3S2. The van der Waals surface area contributed by atoms with Crippen molar-refractivity contribution in [2.45, 2.75) is 17.9 Å². The molecule has 112 valence electrons. The fraction of sp³-hybridized carbons (Fsp3) is 0.462. The molecule has 20 heavy (non-hydrogen) atoms. The Kier molecular flexibility index (Phi) is 6.51. The van der Waals surface area contributed by atoms with Crippen LogP contribution in [0.5, 0.6) is 0 Å². The second kappa shape index (κ2) is 7.66. The van der Waals surface area contributed by atoms with Gasteiger partial charge >= 0.3 is 0 Å². The number of benzene rings is 1. The fourth-order valence-electron chi connectivity index (χ4n) is 1.58. The first-order valence-corrected chi connectivity index (χ1v) is 8.99. The lowest BCUT2D eigenvalue weighted by Gasteiger charge is -2.15. The fourth-order valence-corrected chi connectivity index (χ4v) is 3.08. The molecule has 0 atom stereocenters. The lowest BCUT2D eigenvalue weighted by atomic mass is 10.2. The Morgan fingerprint density at radius 3 is 2.55 bits per heavy atom. The van der Waals surface area contributed by atoms with Crippen LogP contribution in [-0.4, -0.2) is 44.7 Å². The van der Waals surface area contributed by atoms with E-state index in [0.717, 1.165) is 5.75 Å². The van der Waals surface area contributed by atoms with Gasteiger partial charge < -0.3 is 5.32 Å². The van der Waals surface area contributed by atoms with Gasteiger partial charge in [0.2, 0.25) is 15.9 Å². The number of hydrogen-bond donors (Lipinski definition) is 1. The topological polar surface area (TPSA) is 66.5 Å². The third-order valence-electron chi connectivity index (χ3n) is 2.74. The second-order valence-corrected chi connectivity index (χ2v) is 7.52. The molecule has 0 saturated carbocycles. The molecule has 0 spiro atoms. The number of thioether (sulfide) groups is 1. The Hall–Kier alpha value is -1.05. The zero-order valence-corrected chi connectivity index (χ0v) is 13.6. The molecule has 0 bridgehead atoms. The monoisotopic (exact) mass is 316 g/mol. The highest BCUT2D eigenvalue weighted by Gasteiger charge is 2.20. The highest BCUT2D eigenvalue weighted by atomic mass is 32.2. The molecule has 1 aromatic carbocycles. The summed E-state index contributed by atoms with van der Waals surface area (Å²) in [6.07, 6.45) is 2.37. The minimum atomic E-state index is -3.49. The molecule has 0 aliphatic heterocycles. The van der Waals surface area contributed by atoms with E-state index >= 15 is 0 Å². The normalized spacial score (nSPS) is 11.6. The maximum absolute atomic E-state index is 12.2. The SMILES string of the molecule is CSCCC(=O)NCc1ccccc1S(=O)(=O)N(C)C. The Labute approximate surface area is 124 Å². The standard InChI is InChI=1S/C13H20N2O3S2/c1-15(2)20(17,18)12-7-5-4-6-11(12)10-14-13(16)8-9-19-3/h4-7H,8-10H2,1-3H3,(H,14,16). The summed E-state index contributed by atoms with van der Waals surface area (Å²) in [6.45, 7) is 0.219. The van der Waals surface area contributed by atoms with Gasteiger partial charge in [-0.05, 0) is 17.9 Å². The zero-order valence-electron chi connectivity index (χ0n) is 11.9. The first-order chi connectivity index (χ1) is 9.39. The minimum absolute atomic E-state index is 0.0728. The molecular weight excluding hydrogens is 296 g/mol. The zero-order chi connectivity index (χ0) is 15.2. The molecule has 0 aliphatic rings. The van der Waals surface area contributed by atoms with Crippen molar-refractivity contribution in [1.29, 1.82) is 0 Å². The third-order valence-corrected chi connectivity index (χ3v) is 5.27. The van der Waals surface area contributed by atoms with Crippen LogP contribution < -0.4 is 5.32 Å². The molecule has 1 amide bonds. The van der Waals surface area contributed by atoms with Gasteiger partial charge in [-0.1, -0.05) is 18.2 Å². The van der Waals surface area contributed by atoms with Crippen molar-refractivity contribution in [3.63, 3.8) is 0 Å². The van der Waals surface area contributed by atoms with Crippen molar-refractivity contribution in [1.82, 2.24) is 9.62 Å². The summed E-state index contributed by atoms with van der Waals surface area (Å²) in [6, 6.07) is 6.71. The third kappa shape index (κ3) is 4.50. The van der Waals surface area contributed by atoms with Crippen molar-refractivity contribution in [2.24, 2.45) is 0 Å². The van der Waals surface area contributed by atoms with Gasteiger partial charge in [0.05, 0.1) is 4.90 Å². The van der Waals surface area contributed by atoms with Crippen LogP contribution in [0.1, 0.15) is 12.0 Å². The quantitative estimate of drug-likeness (QED) is 0.823. The van der Waals surface area contributed by atoms with Crippen LogP contribution in [0, 0.1) is 0 Å². The summed E-state index contributed by atoms with van der Waals surface area (Å²) in [5.41, 5.74) is 0.596. The highest BCUT2D eigenvalue weighted by Crippen LogP contribution is 2.18. The molecule has 1 rings (SSSR count). The lowest BCUT2D eigenvalue weighted by molar-refractivity contribution is -0.120. The highest BCUT2D eigenvalue weighted by molar-refractivity contribution is 7.98. The average molecular weight is 316 g/mol. The van der Waals surface area contributed by atoms with E-state index in [0.29, 0.717) is 12.0 Å². The molecule has 0 heterocycles. The van der Waals surface area contributed by atoms with Gasteiger partial charge in [0, 0.05) is 32.8 Å². The molecule has 1 aromatic rings. The average Bonchev–Trinajstić information content (AvgIpc) is 2.42. The molecule has 0 aromatic heterocycles. The first-order valence-electron chi connectivity index (χ1n) is 6.15. The van der Waals surface area contributed by atoms with E-state index in [2.05, 4.69) is 5.32 Å². The Bertz CT molecular complexity index is 556. The van der Waals surface area contributed by atoms with Gasteiger partial charge in [-0.25, -0.2) is 12.7 Å².